The Kier molecular flexibility index (Phi) is 13.6. The van der Waals surface area contributed by atoms with Crippen LogP contribution in [0.3, 0.4) is 0 Å². The third-order valence-corrected chi connectivity index (χ3v) is 9.15. The number of hydrogen-bond donors (Lipinski definition) is 1. The Bertz CT molecular complexity index is 1400. The van der Waals surface area contributed by atoms with Gasteiger partial charge in [0.25, 0.3) is 0 Å². The number of phenolic OH excluding ortho intramolecular Hbond substituents is 1. The Morgan fingerprint density at radius 3 is 1.98 bits per heavy atom. The first-order chi connectivity index (χ1) is 20.0. The number of aromatic nitrogens is 2. The van der Waals surface area contributed by atoms with Gasteiger partial charge in [0, 0.05) is 55.0 Å². The number of ether oxygens (including phenoxy) is 1. The minimum Gasteiger partial charge on any atom is -0.508 e. The summed E-state index contributed by atoms with van der Waals surface area (Å²) >= 11 is 3.05. The minimum absolute atomic E-state index is 0. The molecule has 0 fully saturated rings. The maximum absolute atomic E-state index is 10.8. The van der Waals surface area contributed by atoms with Gasteiger partial charge in [-0.25, -0.2) is 5.10 Å². The van der Waals surface area contributed by atoms with Crippen molar-refractivity contribution in [1.82, 2.24) is 15.2 Å². The van der Waals surface area contributed by atoms with Crippen LogP contribution in [0, 0.1) is 5.41 Å². The molecule has 2 aromatic carbocycles. The molecule has 0 saturated carbocycles. The molecule has 2 heterocycles. The first-order valence-corrected chi connectivity index (χ1v) is 16.4. The number of nitrogens with zero attached hydrogens (tertiary/aromatic N) is 6. The number of aliphatic imine (C=N–C) groups is 1. The van der Waals surface area contributed by atoms with Crippen molar-refractivity contribution in [3.05, 3.63) is 70.0 Å². The fraction of sp³-hybridized carbons (Fsp3) is 0.515. The monoisotopic (exact) mass is 687 g/mol. The summed E-state index contributed by atoms with van der Waals surface area (Å²) in [7, 11) is 0. The van der Waals surface area contributed by atoms with Crippen LogP contribution in [0.2, 0.25) is 0 Å². The molecule has 0 aliphatic carbocycles. The third-order valence-electron chi connectivity index (χ3n) is 6.32. The predicted molar refractivity (Wildman–Crippen MR) is 183 cm³/mol. The van der Waals surface area contributed by atoms with Gasteiger partial charge in [-0.1, -0.05) is 128 Å². The first kappa shape index (κ1) is 37.9. The van der Waals surface area contributed by atoms with Gasteiger partial charge in [-0.15, -0.1) is 10.2 Å². The summed E-state index contributed by atoms with van der Waals surface area (Å²) in [5.41, 5.74) is 2.45. The maximum atomic E-state index is 10.8. The summed E-state index contributed by atoms with van der Waals surface area (Å²) in [6, 6.07) is 15.6. The van der Waals surface area contributed by atoms with Crippen LogP contribution in [-0.2, 0) is 35.0 Å². The van der Waals surface area contributed by atoms with Gasteiger partial charge >= 0.3 is 0 Å². The molecule has 1 atom stereocenters. The molecule has 44 heavy (non-hydrogen) atoms. The zero-order valence-corrected chi connectivity index (χ0v) is 32.8. The normalized spacial score (nSPS) is 15.7. The molecule has 0 bridgehead atoms. The molecule has 0 spiro atoms. The van der Waals surface area contributed by atoms with E-state index in [2.05, 4.69) is 84.6 Å². The Balaban J connectivity index is 0.00000104. The fourth-order valence-electron chi connectivity index (χ4n) is 3.83. The van der Waals surface area contributed by atoms with E-state index in [9.17, 15) is 5.11 Å². The molecule has 1 unspecified atom stereocenters. The van der Waals surface area contributed by atoms with E-state index in [-0.39, 0.29) is 46.8 Å². The van der Waals surface area contributed by atoms with E-state index in [4.69, 9.17) is 20.1 Å². The Morgan fingerprint density at radius 2 is 1.50 bits per heavy atom. The van der Waals surface area contributed by atoms with Crippen molar-refractivity contribution in [3.8, 4) is 5.75 Å². The summed E-state index contributed by atoms with van der Waals surface area (Å²) in [5.74, 6) is 0.602. The van der Waals surface area contributed by atoms with Gasteiger partial charge in [-0.05, 0) is 36.6 Å². The molecule has 4 rings (SSSR count). The number of rotatable bonds is 5. The van der Waals surface area contributed by atoms with Gasteiger partial charge in [0.05, 0.1) is 10.4 Å². The van der Waals surface area contributed by atoms with E-state index in [1.807, 2.05) is 44.2 Å². The average molecular weight is 689 g/mol. The van der Waals surface area contributed by atoms with Crippen LogP contribution in [-0.4, -0.2) is 44.5 Å². The number of hydrazone groups is 1. The maximum Gasteiger partial charge on any atom is 0.163 e. The predicted octanol–water partition coefficient (Wildman–Crippen LogP) is 9.68. The SMILES string of the molecule is CC(C)(C)C1=NN(/C(=N\c2nnc(C(C)(C)C)s2)[N-]c2ccc(C(C)(C)C)cc2)C(c2ccccc2O)S1.CCOCC.[Zn]. The van der Waals surface area contributed by atoms with Crippen molar-refractivity contribution in [2.45, 2.75) is 92.4 Å². The van der Waals surface area contributed by atoms with Crippen LogP contribution >= 0.6 is 23.1 Å². The molecule has 8 nitrogen and oxygen atoms in total. The summed E-state index contributed by atoms with van der Waals surface area (Å²) in [6.07, 6.45) is 0. The van der Waals surface area contributed by atoms with Gasteiger partial charge in [-0.2, -0.15) is 0 Å². The van der Waals surface area contributed by atoms with Gasteiger partial charge in [-0.3, -0.25) is 0 Å². The number of phenols is 1. The van der Waals surface area contributed by atoms with E-state index >= 15 is 0 Å². The van der Waals surface area contributed by atoms with Crippen molar-refractivity contribution in [1.29, 1.82) is 0 Å². The zero-order valence-electron chi connectivity index (χ0n) is 28.2. The van der Waals surface area contributed by atoms with Gasteiger partial charge in [0.15, 0.2) is 5.13 Å². The van der Waals surface area contributed by atoms with Crippen molar-refractivity contribution < 1.29 is 29.3 Å². The smallest absolute Gasteiger partial charge is 0.163 e. The van der Waals surface area contributed by atoms with E-state index in [1.165, 1.54) is 16.9 Å². The molecular formula is C33H47N6O2S2Zn-. The van der Waals surface area contributed by atoms with Crippen LogP contribution in [0.4, 0.5) is 10.8 Å². The van der Waals surface area contributed by atoms with Crippen LogP contribution in [0.15, 0.2) is 58.6 Å². The second-order valence-corrected chi connectivity index (χ2v) is 15.3. The standard InChI is InChI=1S/C29H37N6OS2.C4H10O.Zn/c1-27(2,3)18-14-16-19(17-15-18)30-25(31-26-33-32-23(38-26)28(4,5)6)35-22(20-12-10-11-13-21(20)36)37-24(34-35)29(7,8)9;1-3-5-4-2;/h10-17,22H,1-9H3,(H-,30,31,33,36);3-4H2,1-2H3;/q-1;;. The number of hydrogen-bond acceptors (Lipinski definition) is 8. The number of thioether (sulfide) groups is 1. The molecule has 3 aromatic rings. The van der Waals surface area contributed by atoms with Gasteiger partial charge < -0.3 is 25.2 Å². The molecule has 1 aromatic heterocycles. The molecule has 1 aliphatic heterocycles. The molecule has 1 N–H and O–H groups in total. The minimum atomic E-state index is -0.336. The first-order valence-electron chi connectivity index (χ1n) is 14.7. The van der Waals surface area contributed by atoms with Crippen molar-refractivity contribution in [2.75, 3.05) is 13.2 Å². The molecule has 236 valence electrons. The van der Waals surface area contributed by atoms with Crippen LogP contribution in [0.5, 0.6) is 5.75 Å². The number of guanidine groups is 1. The van der Waals surface area contributed by atoms with Crippen LogP contribution in [0.25, 0.3) is 5.32 Å². The molecule has 11 heteroatoms. The Labute approximate surface area is 285 Å². The molecule has 0 saturated heterocycles. The quantitative estimate of drug-likeness (QED) is 0.163. The van der Waals surface area contributed by atoms with E-state index < -0.39 is 0 Å². The number of aromatic hydroxyl groups is 1. The number of para-hydroxylation sites is 1. The fourth-order valence-corrected chi connectivity index (χ4v) is 5.87. The van der Waals surface area contributed by atoms with Crippen molar-refractivity contribution >= 4 is 44.9 Å². The largest absolute Gasteiger partial charge is 0.508 e. The Morgan fingerprint density at radius 1 is 0.886 bits per heavy atom. The number of benzene rings is 2. The molecule has 0 amide bonds. The zero-order chi connectivity index (χ0) is 32.0. The summed E-state index contributed by atoms with van der Waals surface area (Å²) < 4.78 is 4.83. The average Bonchev–Trinajstić information content (AvgIpc) is 3.57. The third kappa shape index (κ3) is 10.4. The van der Waals surface area contributed by atoms with E-state index in [0.717, 1.165) is 34.5 Å². The summed E-state index contributed by atoms with van der Waals surface area (Å²) in [6.45, 7) is 24.9. The van der Waals surface area contributed by atoms with Crippen molar-refractivity contribution in [2.24, 2.45) is 15.5 Å². The van der Waals surface area contributed by atoms with E-state index in [0.29, 0.717) is 11.1 Å². The second-order valence-electron chi connectivity index (χ2n) is 13.3. The summed E-state index contributed by atoms with van der Waals surface area (Å²) in [5, 5.41) is 33.3. The topological polar surface area (TPSA) is 97.3 Å². The Hall–Kier alpha value is -2.33. The van der Waals surface area contributed by atoms with Gasteiger partial charge in [0.2, 0.25) is 0 Å². The molecule has 0 radical (unpaired) electrons. The second kappa shape index (κ2) is 15.8. The van der Waals surface area contributed by atoms with Gasteiger partial charge in [0.1, 0.15) is 10.8 Å². The summed E-state index contributed by atoms with van der Waals surface area (Å²) in [4.78, 5) is 4.88. The van der Waals surface area contributed by atoms with Crippen LogP contribution in [0.1, 0.15) is 97.7 Å². The van der Waals surface area contributed by atoms with Crippen molar-refractivity contribution in [3.63, 3.8) is 0 Å². The van der Waals surface area contributed by atoms with Crippen LogP contribution < -0.4 is 0 Å². The molecule has 1 aliphatic rings. The molecular weight excluding hydrogens is 642 g/mol. The van der Waals surface area contributed by atoms with E-state index in [1.54, 1.807) is 22.8 Å².